The van der Waals surface area contributed by atoms with Gasteiger partial charge in [0, 0.05) is 13.0 Å². The van der Waals surface area contributed by atoms with Crippen molar-refractivity contribution in [2.75, 3.05) is 6.54 Å². The van der Waals surface area contributed by atoms with E-state index in [2.05, 4.69) is 5.32 Å². The molecule has 0 fully saturated rings. The van der Waals surface area contributed by atoms with Crippen LogP contribution in [0, 0.1) is 0 Å². The summed E-state index contributed by atoms with van der Waals surface area (Å²) in [5, 5.41) is 11.9. The van der Waals surface area contributed by atoms with Crippen LogP contribution in [0.2, 0.25) is 0 Å². The van der Waals surface area contributed by atoms with Crippen LogP contribution >= 0.6 is 0 Å². The number of rotatable bonds is 7. The number of carboxylic acids is 1. The first kappa shape index (κ1) is 13.2. The number of carbonyl (C=O) groups excluding carboxylic acids is 1. The zero-order chi connectivity index (χ0) is 12.7. The summed E-state index contributed by atoms with van der Waals surface area (Å²) >= 11 is 0. The van der Waals surface area contributed by atoms with Crippen molar-refractivity contribution in [1.82, 2.24) is 5.32 Å². The van der Waals surface area contributed by atoms with E-state index in [1.807, 2.05) is 0 Å². The number of nitrogens with two attached hydrogens (primary N) is 1. The van der Waals surface area contributed by atoms with Crippen molar-refractivity contribution in [1.29, 1.82) is 0 Å². The SMILES string of the molecule is NC(=O)CCCNCc1ccc(C(=O)O)cc1. The number of benzene rings is 1. The van der Waals surface area contributed by atoms with E-state index in [-0.39, 0.29) is 11.5 Å². The minimum Gasteiger partial charge on any atom is -0.478 e. The van der Waals surface area contributed by atoms with Gasteiger partial charge in [-0.3, -0.25) is 4.79 Å². The number of aromatic carboxylic acids is 1. The number of carbonyl (C=O) groups is 2. The maximum absolute atomic E-state index is 10.6. The molecular weight excluding hydrogens is 220 g/mol. The van der Waals surface area contributed by atoms with Crippen molar-refractivity contribution >= 4 is 11.9 Å². The van der Waals surface area contributed by atoms with Gasteiger partial charge in [0.15, 0.2) is 0 Å². The van der Waals surface area contributed by atoms with E-state index in [1.54, 1.807) is 24.3 Å². The summed E-state index contributed by atoms with van der Waals surface area (Å²) in [7, 11) is 0. The average Bonchev–Trinajstić information content (AvgIpc) is 2.29. The van der Waals surface area contributed by atoms with Crippen LogP contribution < -0.4 is 11.1 Å². The lowest BCUT2D eigenvalue weighted by molar-refractivity contribution is -0.118. The maximum Gasteiger partial charge on any atom is 0.335 e. The molecule has 0 unspecified atom stereocenters. The normalized spacial score (nSPS) is 10.1. The number of hydrogen-bond donors (Lipinski definition) is 3. The fourth-order valence-corrected chi connectivity index (χ4v) is 1.39. The van der Waals surface area contributed by atoms with E-state index in [4.69, 9.17) is 10.8 Å². The monoisotopic (exact) mass is 236 g/mol. The summed E-state index contributed by atoms with van der Waals surface area (Å²) in [5.74, 6) is -1.22. The first-order valence-electron chi connectivity index (χ1n) is 5.41. The second-order valence-corrected chi connectivity index (χ2v) is 3.75. The van der Waals surface area contributed by atoms with Crippen LogP contribution in [-0.4, -0.2) is 23.5 Å². The van der Waals surface area contributed by atoms with Gasteiger partial charge >= 0.3 is 5.97 Å². The number of primary amides is 1. The molecule has 4 N–H and O–H groups in total. The molecule has 0 aromatic heterocycles. The van der Waals surface area contributed by atoms with Gasteiger partial charge in [0.25, 0.3) is 0 Å². The van der Waals surface area contributed by atoms with E-state index in [0.717, 1.165) is 5.56 Å². The van der Waals surface area contributed by atoms with Crippen molar-refractivity contribution in [3.05, 3.63) is 35.4 Å². The van der Waals surface area contributed by atoms with Gasteiger partial charge in [-0.2, -0.15) is 0 Å². The van der Waals surface area contributed by atoms with E-state index in [1.165, 1.54) is 0 Å². The fraction of sp³-hybridized carbons (Fsp3) is 0.333. The smallest absolute Gasteiger partial charge is 0.335 e. The summed E-state index contributed by atoms with van der Waals surface area (Å²) in [5.41, 5.74) is 6.30. The molecule has 0 aliphatic rings. The summed E-state index contributed by atoms with van der Waals surface area (Å²) in [6.45, 7) is 1.36. The van der Waals surface area contributed by atoms with E-state index < -0.39 is 5.97 Å². The zero-order valence-electron chi connectivity index (χ0n) is 9.48. The molecule has 0 saturated heterocycles. The van der Waals surface area contributed by atoms with E-state index >= 15 is 0 Å². The molecule has 92 valence electrons. The van der Waals surface area contributed by atoms with Gasteiger partial charge in [-0.1, -0.05) is 12.1 Å². The van der Waals surface area contributed by atoms with Crippen molar-refractivity contribution in [2.24, 2.45) is 5.73 Å². The van der Waals surface area contributed by atoms with Gasteiger partial charge in [0.1, 0.15) is 0 Å². The highest BCUT2D eigenvalue weighted by Crippen LogP contribution is 2.04. The Hall–Kier alpha value is -1.88. The molecule has 0 aliphatic carbocycles. The molecule has 1 aromatic rings. The molecule has 5 heteroatoms. The Bertz CT molecular complexity index is 387. The van der Waals surface area contributed by atoms with Crippen LogP contribution in [0.15, 0.2) is 24.3 Å². The number of carboxylic acid groups (broad SMARTS) is 1. The quantitative estimate of drug-likeness (QED) is 0.609. The number of hydrogen-bond acceptors (Lipinski definition) is 3. The molecule has 0 saturated carbocycles. The topological polar surface area (TPSA) is 92.4 Å². The van der Waals surface area contributed by atoms with Gasteiger partial charge in [0.2, 0.25) is 5.91 Å². The molecule has 0 aliphatic heterocycles. The Labute approximate surface area is 99.6 Å². The Kier molecular flexibility index (Phi) is 5.16. The molecule has 5 nitrogen and oxygen atoms in total. The predicted octanol–water partition coefficient (Wildman–Crippen LogP) is 0.740. The Morgan fingerprint density at radius 1 is 1.24 bits per heavy atom. The van der Waals surface area contributed by atoms with Crippen molar-refractivity contribution in [3.8, 4) is 0 Å². The third-order valence-corrected chi connectivity index (χ3v) is 2.31. The lowest BCUT2D eigenvalue weighted by Gasteiger charge is -2.04. The summed E-state index contributed by atoms with van der Waals surface area (Å²) in [6.07, 6.45) is 1.09. The molecule has 17 heavy (non-hydrogen) atoms. The van der Waals surface area contributed by atoms with E-state index in [0.29, 0.717) is 25.9 Å². The van der Waals surface area contributed by atoms with Crippen LogP contribution in [0.1, 0.15) is 28.8 Å². The van der Waals surface area contributed by atoms with E-state index in [9.17, 15) is 9.59 Å². The molecule has 0 radical (unpaired) electrons. The van der Waals surface area contributed by atoms with Crippen LogP contribution in [-0.2, 0) is 11.3 Å². The first-order chi connectivity index (χ1) is 8.09. The average molecular weight is 236 g/mol. The van der Waals surface area contributed by atoms with Crippen LogP contribution in [0.3, 0.4) is 0 Å². The minimum atomic E-state index is -0.925. The van der Waals surface area contributed by atoms with Crippen LogP contribution in [0.4, 0.5) is 0 Å². The third-order valence-electron chi connectivity index (χ3n) is 2.31. The molecule has 1 amide bonds. The highest BCUT2D eigenvalue weighted by molar-refractivity contribution is 5.87. The largest absolute Gasteiger partial charge is 0.478 e. The van der Waals surface area contributed by atoms with Crippen LogP contribution in [0.25, 0.3) is 0 Å². The molecule has 0 heterocycles. The standard InChI is InChI=1S/C12H16N2O3/c13-11(15)2-1-7-14-8-9-3-5-10(6-4-9)12(16)17/h3-6,14H,1-2,7-8H2,(H2,13,15)(H,16,17). The molecule has 1 aromatic carbocycles. The number of nitrogens with one attached hydrogen (secondary N) is 1. The molecular formula is C12H16N2O3. The molecule has 0 atom stereocenters. The van der Waals surface area contributed by atoms with Crippen molar-refractivity contribution < 1.29 is 14.7 Å². The highest BCUT2D eigenvalue weighted by Gasteiger charge is 2.01. The Morgan fingerprint density at radius 2 is 1.88 bits per heavy atom. The minimum absolute atomic E-state index is 0.280. The van der Waals surface area contributed by atoms with Crippen LogP contribution in [0.5, 0.6) is 0 Å². The fourth-order valence-electron chi connectivity index (χ4n) is 1.39. The second kappa shape index (κ2) is 6.65. The second-order valence-electron chi connectivity index (χ2n) is 3.75. The Morgan fingerprint density at radius 3 is 2.41 bits per heavy atom. The van der Waals surface area contributed by atoms with Crippen molar-refractivity contribution in [2.45, 2.75) is 19.4 Å². The summed E-state index contributed by atoms with van der Waals surface area (Å²) < 4.78 is 0. The maximum atomic E-state index is 10.6. The van der Waals surface area contributed by atoms with Gasteiger partial charge in [-0.05, 0) is 30.7 Å². The lowest BCUT2D eigenvalue weighted by Crippen LogP contribution is -2.18. The molecule has 1 rings (SSSR count). The van der Waals surface area contributed by atoms with Gasteiger partial charge in [-0.25, -0.2) is 4.79 Å². The zero-order valence-corrected chi connectivity index (χ0v) is 9.48. The van der Waals surface area contributed by atoms with Gasteiger partial charge < -0.3 is 16.2 Å². The lowest BCUT2D eigenvalue weighted by atomic mass is 10.1. The molecule has 0 spiro atoms. The number of amides is 1. The van der Waals surface area contributed by atoms with Gasteiger partial charge in [-0.15, -0.1) is 0 Å². The van der Waals surface area contributed by atoms with Crippen molar-refractivity contribution in [3.63, 3.8) is 0 Å². The Balaban J connectivity index is 2.27. The predicted molar refractivity (Wildman–Crippen MR) is 63.5 cm³/mol. The summed E-state index contributed by atoms with van der Waals surface area (Å²) in [4.78, 5) is 21.1. The first-order valence-corrected chi connectivity index (χ1v) is 5.41. The highest BCUT2D eigenvalue weighted by atomic mass is 16.4. The van der Waals surface area contributed by atoms with Gasteiger partial charge in [0.05, 0.1) is 5.56 Å². The summed E-state index contributed by atoms with van der Waals surface area (Å²) in [6, 6.07) is 6.68. The third kappa shape index (κ3) is 5.12. The molecule has 0 bridgehead atoms.